The topological polar surface area (TPSA) is 55.1 Å². The van der Waals surface area contributed by atoms with E-state index in [1.54, 1.807) is 0 Å². The van der Waals surface area contributed by atoms with Crippen LogP contribution in [0.15, 0.2) is 28.1 Å². The second kappa shape index (κ2) is 6.51. The van der Waals surface area contributed by atoms with Crippen LogP contribution in [0.25, 0.3) is 10.6 Å². The quantitative estimate of drug-likeness (QED) is 0.716. The molecule has 0 bridgehead atoms. The van der Waals surface area contributed by atoms with Crippen LogP contribution in [0, 0.1) is 6.92 Å². The number of aromatic nitrogens is 3. The highest BCUT2D eigenvalue weighted by Gasteiger charge is 2.27. The third kappa shape index (κ3) is 3.22. The Morgan fingerprint density at radius 1 is 1.43 bits per heavy atom. The molecule has 1 aliphatic rings. The smallest absolute Gasteiger partial charge is 0.180 e. The van der Waals surface area contributed by atoms with Gasteiger partial charge in [0.1, 0.15) is 4.88 Å². The van der Waals surface area contributed by atoms with Crippen LogP contribution in [-0.4, -0.2) is 32.7 Å². The molecule has 1 aliphatic heterocycles. The second-order valence-electron chi connectivity index (χ2n) is 5.97. The van der Waals surface area contributed by atoms with Gasteiger partial charge in [-0.15, -0.1) is 16.4 Å². The molecule has 23 heavy (non-hydrogen) atoms. The van der Waals surface area contributed by atoms with Crippen LogP contribution in [0.2, 0.25) is 0 Å². The Hall–Kier alpha value is -1.57. The van der Waals surface area contributed by atoms with Gasteiger partial charge in [-0.25, -0.2) is 0 Å². The zero-order valence-electron chi connectivity index (χ0n) is 12.9. The Morgan fingerprint density at radius 3 is 3.17 bits per heavy atom. The zero-order valence-corrected chi connectivity index (χ0v) is 14.6. The molecule has 1 saturated heterocycles. The fourth-order valence-electron chi connectivity index (χ4n) is 3.15. The summed E-state index contributed by atoms with van der Waals surface area (Å²) in [5.74, 6) is 1.21. The first-order valence-corrected chi connectivity index (χ1v) is 9.45. The highest BCUT2D eigenvalue weighted by atomic mass is 32.1. The molecule has 7 heteroatoms. The molecule has 4 heterocycles. The minimum Gasteiger partial charge on any atom is -0.355 e. The van der Waals surface area contributed by atoms with Crippen molar-refractivity contribution in [3.05, 3.63) is 39.8 Å². The number of rotatable bonds is 4. The van der Waals surface area contributed by atoms with Gasteiger partial charge in [0.05, 0.1) is 11.4 Å². The van der Waals surface area contributed by atoms with Gasteiger partial charge in [-0.3, -0.25) is 4.90 Å². The van der Waals surface area contributed by atoms with Gasteiger partial charge in [-0.05, 0) is 49.3 Å². The summed E-state index contributed by atoms with van der Waals surface area (Å²) in [6, 6.07) is 6.29. The first kappa shape index (κ1) is 15.0. The van der Waals surface area contributed by atoms with Gasteiger partial charge in [0.25, 0.3) is 0 Å². The average Bonchev–Trinajstić information content (AvgIpc) is 3.28. The molecule has 0 saturated carbocycles. The van der Waals surface area contributed by atoms with E-state index in [1.165, 1.54) is 22.8 Å². The van der Waals surface area contributed by atoms with Gasteiger partial charge in [0.15, 0.2) is 5.76 Å². The summed E-state index contributed by atoms with van der Waals surface area (Å²) in [6.45, 7) is 5.15. The lowest BCUT2D eigenvalue weighted by Crippen LogP contribution is -2.33. The van der Waals surface area contributed by atoms with Crippen molar-refractivity contribution in [2.24, 2.45) is 0 Å². The molecular formula is C16H18N4OS2. The van der Waals surface area contributed by atoms with E-state index < -0.39 is 0 Å². The van der Waals surface area contributed by atoms with Crippen molar-refractivity contribution < 1.29 is 4.52 Å². The van der Waals surface area contributed by atoms with Crippen molar-refractivity contribution in [2.45, 2.75) is 32.2 Å². The summed E-state index contributed by atoms with van der Waals surface area (Å²) in [6.07, 6.45) is 2.36. The van der Waals surface area contributed by atoms with E-state index in [2.05, 4.69) is 37.2 Å². The van der Waals surface area contributed by atoms with Crippen molar-refractivity contribution >= 4 is 22.9 Å². The van der Waals surface area contributed by atoms with Crippen molar-refractivity contribution in [1.29, 1.82) is 0 Å². The number of hydrogen-bond acceptors (Lipinski definition) is 7. The van der Waals surface area contributed by atoms with E-state index >= 15 is 0 Å². The first-order chi connectivity index (χ1) is 11.3. The molecule has 0 aliphatic carbocycles. The summed E-state index contributed by atoms with van der Waals surface area (Å²) in [5, 5.41) is 10.5. The molecule has 0 spiro atoms. The Kier molecular flexibility index (Phi) is 4.24. The molecule has 3 aromatic heterocycles. The third-order valence-electron chi connectivity index (χ3n) is 4.22. The molecule has 1 atom stereocenters. The monoisotopic (exact) mass is 346 g/mol. The van der Waals surface area contributed by atoms with Crippen LogP contribution in [-0.2, 0) is 6.54 Å². The second-order valence-corrected chi connectivity index (χ2v) is 7.76. The number of aryl methyl sites for hydroxylation is 1. The van der Waals surface area contributed by atoms with Crippen LogP contribution >= 0.6 is 22.9 Å². The van der Waals surface area contributed by atoms with Crippen molar-refractivity contribution in [3.8, 4) is 10.6 Å². The number of nitrogens with zero attached hydrogens (tertiary/aromatic N) is 4. The molecule has 1 unspecified atom stereocenters. The summed E-state index contributed by atoms with van der Waals surface area (Å²) >= 11 is 3.23. The summed E-state index contributed by atoms with van der Waals surface area (Å²) in [4.78, 5) is 4.98. The molecule has 120 valence electrons. The van der Waals surface area contributed by atoms with Gasteiger partial charge in [-0.2, -0.15) is 0 Å². The zero-order chi connectivity index (χ0) is 15.6. The third-order valence-corrected chi connectivity index (χ3v) is 5.83. The lowest BCUT2D eigenvalue weighted by Gasteiger charge is -2.31. The van der Waals surface area contributed by atoms with E-state index in [9.17, 15) is 0 Å². The molecule has 0 aromatic carbocycles. The van der Waals surface area contributed by atoms with Gasteiger partial charge in [0.2, 0.25) is 0 Å². The normalized spacial score (nSPS) is 19.3. The fraction of sp³-hybridized carbons (Fsp3) is 0.438. The maximum absolute atomic E-state index is 5.42. The Labute approximate surface area is 143 Å². The predicted octanol–water partition coefficient (Wildman–Crippen LogP) is 3.94. The summed E-state index contributed by atoms with van der Waals surface area (Å²) < 4.78 is 9.59. The van der Waals surface area contributed by atoms with E-state index in [0.717, 1.165) is 48.1 Å². The van der Waals surface area contributed by atoms with Crippen LogP contribution in [0.3, 0.4) is 0 Å². The van der Waals surface area contributed by atoms with Crippen molar-refractivity contribution in [2.75, 3.05) is 13.1 Å². The lowest BCUT2D eigenvalue weighted by atomic mass is 9.93. The maximum atomic E-state index is 5.42. The van der Waals surface area contributed by atoms with Crippen molar-refractivity contribution in [1.82, 2.24) is 19.6 Å². The first-order valence-electron chi connectivity index (χ1n) is 7.80. The standard InChI is InChI=1S/C16H18N4OS2/c1-11-8-14(21-18-11)16-15(17-19-23-16)12-4-2-6-20(9-12)10-13-5-3-7-22-13/h3,5,7-8,12H,2,4,6,9-10H2,1H3. The molecule has 3 aromatic rings. The number of hydrogen-bond donors (Lipinski definition) is 0. The van der Waals surface area contributed by atoms with E-state index in [-0.39, 0.29) is 0 Å². The van der Waals surface area contributed by atoms with Crippen LogP contribution < -0.4 is 0 Å². The van der Waals surface area contributed by atoms with Crippen LogP contribution in [0.5, 0.6) is 0 Å². The minimum absolute atomic E-state index is 0.419. The summed E-state index contributed by atoms with van der Waals surface area (Å²) in [7, 11) is 0. The Morgan fingerprint density at radius 2 is 2.39 bits per heavy atom. The molecule has 0 radical (unpaired) electrons. The molecule has 0 N–H and O–H groups in total. The largest absolute Gasteiger partial charge is 0.355 e. The van der Waals surface area contributed by atoms with E-state index in [4.69, 9.17) is 4.52 Å². The molecule has 5 nitrogen and oxygen atoms in total. The lowest BCUT2D eigenvalue weighted by molar-refractivity contribution is 0.200. The Balaban J connectivity index is 1.53. The van der Waals surface area contributed by atoms with E-state index in [1.807, 2.05) is 24.3 Å². The average molecular weight is 346 g/mol. The van der Waals surface area contributed by atoms with Gasteiger partial charge in [-0.1, -0.05) is 15.7 Å². The number of piperidine rings is 1. The predicted molar refractivity (Wildman–Crippen MR) is 91.7 cm³/mol. The highest BCUT2D eigenvalue weighted by Crippen LogP contribution is 2.35. The van der Waals surface area contributed by atoms with Gasteiger partial charge in [0, 0.05) is 30.0 Å². The van der Waals surface area contributed by atoms with Crippen LogP contribution in [0.1, 0.15) is 35.0 Å². The minimum atomic E-state index is 0.419. The Bertz CT molecular complexity index is 765. The molecule has 0 amide bonds. The number of thiophene rings is 1. The van der Waals surface area contributed by atoms with E-state index in [0.29, 0.717) is 5.92 Å². The number of likely N-dealkylation sites (tertiary alicyclic amines) is 1. The van der Waals surface area contributed by atoms with Crippen molar-refractivity contribution in [3.63, 3.8) is 0 Å². The van der Waals surface area contributed by atoms with Gasteiger partial charge < -0.3 is 4.52 Å². The fourth-order valence-corrected chi connectivity index (χ4v) is 4.60. The molecular weight excluding hydrogens is 328 g/mol. The maximum Gasteiger partial charge on any atom is 0.180 e. The van der Waals surface area contributed by atoms with Gasteiger partial charge >= 0.3 is 0 Å². The molecule has 1 fully saturated rings. The highest BCUT2D eigenvalue weighted by molar-refractivity contribution is 7.10. The molecule has 4 rings (SSSR count). The summed E-state index contributed by atoms with van der Waals surface area (Å²) in [5.41, 5.74) is 1.96. The van der Waals surface area contributed by atoms with Crippen LogP contribution in [0.4, 0.5) is 0 Å². The SMILES string of the molecule is Cc1cc(-c2snnc2C2CCCN(Cc3cccs3)C2)on1.